The Labute approximate surface area is 99.2 Å². The van der Waals surface area contributed by atoms with Crippen LogP contribution in [0.1, 0.15) is 64.7 Å². The fraction of sp³-hybridized carbons (Fsp3) is 0.923. The quantitative estimate of drug-likeness (QED) is 0.551. The Hall–Kier alpha value is -0.570. The molecule has 0 saturated heterocycles. The molecule has 0 aliphatic heterocycles. The molecule has 1 N–H and O–H groups in total. The number of unbranched alkanes of at least 4 members (excludes halogenated alkanes) is 6. The van der Waals surface area contributed by atoms with Gasteiger partial charge in [-0.05, 0) is 6.42 Å². The van der Waals surface area contributed by atoms with Gasteiger partial charge in [0.15, 0.2) is 0 Å². The SMILES string of the molecule is CCCCCCCCCC(CC(=O)O)OC. The number of rotatable bonds is 11. The molecule has 0 aromatic heterocycles. The van der Waals surface area contributed by atoms with E-state index in [0.29, 0.717) is 0 Å². The summed E-state index contributed by atoms with van der Waals surface area (Å²) in [6, 6.07) is 0. The number of methoxy groups -OCH3 is 1. The van der Waals surface area contributed by atoms with Crippen molar-refractivity contribution in [1.82, 2.24) is 0 Å². The van der Waals surface area contributed by atoms with E-state index < -0.39 is 5.97 Å². The predicted molar refractivity (Wildman–Crippen MR) is 65.7 cm³/mol. The molecule has 3 nitrogen and oxygen atoms in total. The number of ether oxygens (including phenoxy) is 1. The molecule has 1 atom stereocenters. The summed E-state index contributed by atoms with van der Waals surface area (Å²) >= 11 is 0. The molecule has 0 aromatic rings. The van der Waals surface area contributed by atoms with Gasteiger partial charge >= 0.3 is 5.97 Å². The first-order valence-corrected chi connectivity index (χ1v) is 6.45. The van der Waals surface area contributed by atoms with Crippen LogP contribution >= 0.6 is 0 Å². The molecule has 0 rings (SSSR count). The number of carbonyl (C=O) groups is 1. The molecule has 3 heteroatoms. The predicted octanol–water partition coefficient (Wildman–Crippen LogP) is 3.62. The number of carboxylic acids is 1. The number of aliphatic carboxylic acids is 1. The lowest BCUT2D eigenvalue weighted by Crippen LogP contribution is -2.15. The van der Waals surface area contributed by atoms with Crippen LogP contribution in [0.4, 0.5) is 0 Å². The van der Waals surface area contributed by atoms with Crippen molar-refractivity contribution in [3.63, 3.8) is 0 Å². The Morgan fingerprint density at radius 3 is 2.19 bits per heavy atom. The van der Waals surface area contributed by atoms with E-state index in [4.69, 9.17) is 9.84 Å². The molecular weight excluding hydrogens is 204 g/mol. The molecule has 16 heavy (non-hydrogen) atoms. The van der Waals surface area contributed by atoms with Gasteiger partial charge in [-0.15, -0.1) is 0 Å². The van der Waals surface area contributed by atoms with Crippen LogP contribution in [0.2, 0.25) is 0 Å². The summed E-state index contributed by atoms with van der Waals surface area (Å²) in [6.07, 6.45) is 9.70. The largest absolute Gasteiger partial charge is 0.481 e. The Bertz CT molecular complexity index is 169. The maximum atomic E-state index is 10.5. The van der Waals surface area contributed by atoms with Crippen molar-refractivity contribution in [3.8, 4) is 0 Å². The van der Waals surface area contributed by atoms with Gasteiger partial charge in [-0.1, -0.05) is 51.9 Å². The Balaban J connectivity index is 3.31. The molecule has 0 aliphatic rings. The molecule has 96 valence electrons. The molecule has 0 heterocycles. The topological polar surface area (TPSA) is 46.5 Å². The van der Waals surface area contributed by atoms with E-state index >= 15 is 0 Å². The summed E-state index contributed by atoms with van der Waals surface area (Å²) in [7, 11) is 1.59. The minimum absolute atomic E-state index is 0.104. The molecule has 0 spiro atoms. The second kappa shape index (κ2) is 10.9. The molecule has 0 saturated carbocycles. The van der Waals surface area contributed by atoms with Crippen molar-refractivity contribution < 1.29 is 14.6 Å². The average Bonchev–Trinajstić information content (AvgIpc) is 2.25. The van der Waals surface area contributed by atoms with E-state index in [1.165, 1.54) is 38.5 Å². The molecule has 1 unspecified atom stereocenters. The maximum absolute atomic E-state index is 10.5. The van der Waals surface area contributed by atoms with Crippen molar-refractivity contribution in [2.45, 2.75) is 70.8 Å². The lowest BCUT2D eigenvalue weighted by atomic mass is 10.0. The Kier molecular flexibility index (Phi) is 10.5. The second-order valence-electron chi connectivity index (χ2n) is 4.37. The van der Waals surface area contributed by atoms with Gasteiger partial charge in [-0.3, -0.25) is 4.79 Å². The van der Waals surface area contributed by atoms with Gasteiger partial charge in [0.05, 0.1) is 12.5 Å². The Morgan fingerprint density at radius 2 is 1.69 bits per heavy atom. The van der Waals surface area contributed by atoms with E-state index in [0.717, 1.165) is 12.8 Å². The van der Waals surface area contributed by atoms with Crippen LogP contribution in [-0.4, -0.2) is 24.3 Å². The highest BCUT2D eigenvalue weighted by molar-refractivity contribution is 5.67. The minimum Gasteiger partial charge on any atom is -0.481 e. The van der Waals surface area contributed by atoms with E-state index in [2.05, 4.69) is 6.92 Å². The first-order valence-electron chi connectivity index (χ1n) is 6.45. The zero-order valence-corrected chi connectivity index (χ0v) is 10.7. The third-order valence-electron chi connectivity index (χ3n) is 2.87. The number of hydrogen-bond donors (Lipinski definition) is 1. The van der Waals surface area contributed by atoms with Crippen molar-refractivity contribution in [2.75, 3.05) is 7.11 Å². The van der Waals surface area contributed by atoms with Crippen molar-refractivity contribution >= 4 is 5.97 Å². The molecule has 0 aliphatic carbocycles. The van der Waals surface area contributed by atoms with Crippen LogP contribution in [0.25, 0.3) is 0 Å². The summed E-state index contributed by atoms with van der Waals surface area (Å²) in [5, 5.41) is 8.63. The number of carboxylic acid groups (broad SMARTS) is 1. The molecule has 0 fully saturated rings. The van der Waals surface area contributed by atoms with Crippen LogP contribution < -0.4 is 0 Å². The van der Waals surface area contributed by atoms with Gasteiger partial charge in [0.25, 0.3) is 0 Å². The lowest BCUT2D eigenvalue weighted by molar-refractivity contribution is -0.139. The van der Waals surface area contributed by atoms with Crippen LogP contribution in [0, 0.1) is 0 Å². The molecule has 0 aromatic carbocycles. The summed E-state index contributed by atoms with van der Waals surface area (Å²) in [6.45, 7) is 2.22. The third kappa shape index (κ3) is 9.97. The van der Waals surface area contributed by atoms with Gasteiger partial charge in [-0.25, -0.2) is 0 Å². The molecule has 0 radical (unpaired) electrons. The first-order chi connectivity index (χ1) is 7.70. The zero-order valence-electron chi connectivity index (χ0n) is 10.7. The highest BCUT2D eigenvalue weighted by atomic mass is 16.5. The monoisotopic (exact) mass is 230 g/mol. The smallest absolute Gasteiger partial charge is 0.305 e. The molecule has 0 bridgehead atoms. The lowest BCUT2D eigenvalue weighted by Gasteiger charge is -2.12. The zero-order chi connectivity index (χ0) is 12.2. The molecule has 0 amide bonds. The van der Waals surface area contributed by atoms with E-state index in [9.17, 15) is 4.79 Å². The highest BCUT2D eigenvalue weighted by Crippen LogP contribution is 2.12. The summed E-state index contributed by atoms with van der Waals surface area (Å²) in [5.41, 5.74) is 0. The fourth-order valence-corrected chi connectivity index (χ4v) is 1.83. The fourth-order valence-electron chi connectivity index (χ4n) is 1.83. The summed E-state index contributed by atoms with van der Waals surface area (Å²) in [5.74, 6) is -0.769. The van der Waals surface area contributed by atoms with Gasteiger partial charge in [-0.2, -0.15) is 0 Å². The van der Waals surface area contributed by atoms with Crippen molar-refractivity contribution in [1.29, 1.82) is 0 Å². The third-order valence-corrected chi connectivity index (χ3v) is 2.87. The van der Waals surface area contributed by atoms with Crippen molar-refractivity contribution in [2.24, 2.45) is 0 Å². The van der Waals surface area contributed by atoms with Gasteiger partial charge in [0.2, 0.25) is 0 Å². The standard InChI is InChI=1S/C13H26O3/c1-3-4-5-6-7-8-9-10-12(16-2)11-13(14)15/h12H,3-11H2,1-2H3,(H,14,15). The molecular formula is C13H26O3. The van der Waals surface area contributed by atoms with Gasteiger partial charge < -0.3 is 9.84 Å². The first kappa shape index (κ1) is 15.4. The van der Waals surface area contributed by atoms with Crippen LogP contribution in [0.5, 0.6) is 0 Å². The summed E-state index contributed by atoms with van der Waals surface area (Å²) < 4.78 is 5.13. The second-order valence-corrected chi connectivity index (χ2v) is 4.37. The van der Waals surface area contributed by atoms with Crippen LogP contribution in [0.15, 0.2) is 0 Å². The highest BCUT2D eigenvalue weighted by Gasteiger charge is 2.11. The van der Waals surface area contributed by atoms with E-state index in [-0.39, 0.29) is 12.5 Å². The van der Waals surface area contributed by atoms with E-state index in [1.54, 1.807) is 7.11 Å². The normalized spacial score (nSPS) is 12.6. The Morgan fingerprint density at radius 1 is 1.12 bits per heavy atom. The minimum atomic E-state index is -0.769. The average molecular weight is 230 g/mol. The van der Waals surface area contributed by atoms with Crippen LogP contribution in [-0.2, 0) is 9.53 Å². The van der Waals surface area contributed by atoms with Crippen LogP contribution in [0.3, 0.4) is 0 Å². The van der Waals surface area contributed by atoms with Gasteiger partial charge in [0.1, 0.15) is 0 Å². The van der Waals surface area contributed by atoms with Gasteiger partial charge in [0, 0.05) is 7.11 Å². The summed E-state index contributed by atoms with van der Waals surface area (Å²) in [4.78, 5) is 10.5. The van der Waals surface area contributed by atoms with Crippen molar-refractivity contribution in [3.05, 3.63) is 0 Å². The number of hydrogen-bond acceptors (Lipinski definition) is 2. The maximum Gasteiger partial charge on any atom is 0.305 e. The van der Waals surface area contributed by atoms with E-state index in [1.807, 2.05) is 0 Å².